The number of H-pyrrole nitrogens is 3. The molecule has 0 saturated heterocycles. The molecule has 3 N–H and O–H groups in total. The lowest BCUT2D eigenvalue weighted by molar-refractivity contribution is 1.14. The molecule has 0 amide bonds. The molecule has 0 atom stereocenters. The molecular weight excluding hydrogens is 627 g/mol. The second-order valence-corrected chi connectivity index (χ2v) is 13.0. The van der Waals surface area contributed by atoms with Gasteiger partial charge in [0.15, 0.2) is 0 Å². The van der Waals surface area contributed by atoms with Crippen LogP contribution in [0.3, 0.4) is 0 Å². The molecule has 0 saturated carbocycles. The van der Waals surface area contributed by atoms with Gasteiger partial charge in [0.25, 0.3) is 0 Å². The molecule has 0 spiro atoms. The van der Waals surface area contributed by atoms with Crippen LogP contribution in [0, 0.1) is 36.5 Å². The molecule has 6 heterocycles. The van der Waals surface area contributed by atoms with Crippen molar-refractivity contribution < 1.29 is 0 Å². The number of aromatic nitrogens is 5. The minimum absolute atomic E-state index is 0.596. The van der Waals surface area contributed by atoms with Crippen molar-refractivity contribution in [2.45, 2.75) is 40.5 Å². The van der Waals surface area contributed by atoms with Crippen LogP contribution in [0.15, 0.2) is 72.8 Å². The predicted octanol–water partition coefficient (Wildman–Crippen LogP) is 10.5. The van der Waals surface area contributed by atoms with Gasteiger partial charge >= 0.3 is 0 Å². The second-order valence-electron chi connectivity index (χ2n) is 13.0. The average molecular weight is 662 g/mol. The fourth-order valence-corrected chi connectivity index (χ4v) is 7.45. The lowest BCUT2D eigenvalue weighted by atomic mass is 10.0. The Balaban J connectivity index is 1.54. The number of nitrogens with zero attached hydrogens (tertiary/aromatic N) is 4. The topological polar surface area (TPSA) is 121 Å². The fourth-order valence-electron chi connectivity index (χ4n) is 7.45. The van der Waals surface area contributed by atoms with E-state index in [1.54, 1.807) is 0 Å². The first-order chi connectivity index (χ1) is 24.9. The molecule has 0 fully saturated rings. The van der Waals surface area contributed by atoms with Crippen LogP contribution in [0.25, 0.3) is 79.7 Å². The van der Waals surface area contributed by atoms with Crippen LogP contribution < -0.4 is 0 Å². The van der Waals surface area contributed by atoms with Gasteiger partial charge in [-0.05, 0) is 133 Å². The molecule has 0 unspecified atom stereocenters. The van der Waals surface area contributed by atoms with E-state index in [0.29, 0.717) is 11.1 Å². The zero-order chi connectivity index (χ0) is 35.2. The molecule has 0 aliphatic carbocycles. The Morgan fingerprint density at radius 2 is 0.941 bits per heavy atom. The number of nitrogens with one attached hydrogen (secondary N) is 3. The highest BCUT2D eigenvalue weighted by Gasteiger charge is 2.17. The molecule has 10 bridgehead atoms. The van der Waals surface area contributed by atoms with E-state index in [2.05, 4.69) is 103 Å². The molecule has 0 radical (unpaired) electrons. The Bertz CT molecular complexity index is 2550. The van der Waals surface area contributed by atoms with Gasteiger partial charge in [0.2, 0.25) is 0 Å². The van der Waals surface area contributed by atoms with E-state index in [1.807, 2.05) is 48.5 Å². The number of fused-ring (bicyclic) bond motifs is 11. The summed E-state index contributed by atoms with van der Waals surface area (Å²) in [7, 11) is 0. The molecule has 51 heavy (non-hydrogen) atoms. The van der Waals surface area contributed by atoms with Crippen LogP contribution in [0.1, 0.15) is 70.0 Å². The van der Waals surface area contributed by atoms with E-state index in [4.69, 9.17) is 9.97 Å². The summed E-state index contributed by atoms with van der Waals surface area (Å²) in [6.07, 6.45) is 9.99. The summed E-state index contributed by atoms with van der Waals surface area (Å²) in [6, 6.07) is 28.1. The van der Waals surface area contributed by atoms with Gasteiger partial charge in [-0.2, -0.15) is 10.5 Å². The van der Waals surface area contributed by atoms with Gasteiger partial charge in [0, 0.05) is 33.2 Å². The summed E-state index contributed by atoms with van der Waals surface area (Å²) in [4.78, 5) is 21.6. The van der Waals surface area contributed by atoms with Gasteiger partial charge in [0.05, 0.1) is 57.1 Å². The summed E-state index contributed by atoms with van der Waals surface area (Å²) in [5, 5.41) is 19.0. The number of rotatable bonds is 4. The highest BCUT2D eigenvalue weighted by molar-refractivity contribution is 5.96. The van der Waals surface area contributed by atoms with E-state index in [-0.39, 0.29) is 0 Å². The second kappa shape index (κ2) is 12.6. The Labute approximate surface area is 296 Å². The molecule has 2 aliphatic rings. The predicted molar refractivity (Wildman–Crippen MR) is 208 cm³/mol. The number of nitriles is 2. The van der Waals surface area contributed by atoms with Crippen molar-refractivity contribution in [1.29, 1.82) is 10.5 Å². The molecule has 7 nitrogen and oxygen atoms in total. The number of aromatic amines is 3. The maximum Gasteiger partial charge on any atom is 0.0991 e. The Hall–Kier alpha value is -6.70. The minimum atomic E-state index is 0.596. The molecule has 246 valence electrons. The van der Waals surface area contributed by atoms with Crippen molar-refractivity contribution in [2.24, 2.45) is 0 Å². The highest BCUT2D eigenvalue weighted by Crippen LogP contribution is 2.35. The first-order valence-electron chi connectivity index (χ1n) is 17.2. The Morgan fingerprint density at radius 1 is 0.529 bits per heavy atom. The summed E-state index contributed by atoms with van der Waals surface area (Å²) in [5.74, 6) is 0. The summed E-state index contributed by atoms with van der Waals surface area (Å²) in [6.45, 7) is 8.77. The lowest BCUT2D eigenvalue weighted by Crippen LogP contribution is -1.88. The smallest absolute Gasteiger partial charge is 0.0991 e. The van der Waals surface area contributed by atoms with E-state index >= 15 is 0 Å². The number of aryl methyl sites for hydroxylation is 4. The number of hydrogen-bond donors (Lipinski definition) is 3. The summed E-state index contributed by atoms with van der Waals surface area (Å²) >= 11 is 0. The Morgan fingerprint density at radius 3 is 1.31 bits per heavy atom. The monoisotopic (exact) mass is 661 g/mol. The zero-order valence-electron chi connectivity index (χ0n) is 28.9. The van der Waals surface area contributed by atoms with E-state index in [0.717, 1.165) is 91.0 Å². The van der Waals surface area contributed by atoms with Crippen molar-refractivity contribution in [1.82, 2.24) is 24.9 Å². The Kier molecular flexibility index (Phi) is 7.82. The maximum atomic E-state index is 9.52. The molecular formula is C44H35N7. The normalized spacial score (nSPS) is 11.9. The van der Waals surface area contributed by atoms with E-state index < -0.39 is 0 Å². The van der Waals surface area contributed by atoms with Crippen molar-refractivity contribution in [3.63, 3.8) is 0 Å². The van der Waals surface area contributed by atoms with Crippen LogP contribution in [0.5, 0.6) is 0 Å². The van der Waals surface area contributed by atoms with Crippen LogP contribution >= 0.6 is 0 Å². The first-order valence-corrected chi connectivity index (χ1v) is 17.2. The summed E-state index contributed by atoms with van der Waals surface area (Å²) < 4.78 is 0. The van der Waals surface area contributed by atoms with E-state index in [9.17, 15) is 10.5 Å². The number of benzene rings is 2. The van der Waals surface area contributed by atoms with Gasteiger partial charge in [-0.25, -0.2) is 9.97 Å². The van der Waals surface area contributed by atoms with Crippen LogP contribution in [-0.2, 0) is 12.8 Å². The third-order valence-electron chi connectivity index (χ3n) is 10.0. The standard InChI is InChI=1S/C44H35N7/c1-5-33-25(3)43-44-26(4)34(6-2)40(51-44)22-32-16-18-36(48-32)42(30-13-9-28(24-46)10-14-30)38-20-19-37(49-38)41(29-11-7-27(23-45)8-12-29)35-17-15-31(47-35)21-39(33)50-43/h7-22,49-51H,5-6H2,1-4H3. The number of hydrogen-bond acceptors (Lipinski definition) is 4. The molecule has 2 aliphatic heterocycles. The zero-order valence-corrected chi connectivity index (χ0v) is 28.9. The maximum absolute atomic E-state index is 9.52. The third kappa shape index (κ3) is 5.46. The van der Waals surface area contributed by atoms with Crippen LogP contribution in [-0.4, -0.2) is 24.9 Å². The van der Waals surface area contributed by atoms with Crippen molar-refractivity contribution in [3.8, 4) is 34.4 Å². The fraction of sp³-hybridized carbons (Fsp3) is 0.136. The lowest BCUT2D eigenvalue weighted by Gasteiger charge is -2.05. The summed E-state index contributed by atoms with van der Waals surface area (Å²) in [5.41, 5.74) is 19.3. The first kappa shape index (κ1) is 31.6. The molecule has 4 aromatic heterocycles. The van der Waals surface area contributed by atoms with Gasteiger partial charge in [-0.15, -0.1) is 0 Å². The van der Waals surface area contributed by atoms with Gasteiger partial charge in [-0.1, -0.05) is 38.1 Å². The van der Waals surface area contributed by atoms with Crippen molar-refractivity contribution in [3.05, 3.63) is 129 Å². The highest BCUT2D eigenvalue weighted by atomic mass is 14.8. The van der Waals surface area contributed by atoms with Crippen LogP contribution in [0.4, 0.5) is 0 Å². The minimum Gasteiger partial charge on any atom is -0.354 e. The molecule has 8 rings (SSSR count). The van der Waals surface area contributed by atoms with E-state index in [1.165, 1.54) is 22.3 Å². The van der Waals surface area contributed by atoms with Gasteiger partial charge < -0.3 is 15.0 Å². The van der Waals surface area contributed by atoms with Gasteiger partial charge in [0.1, 0.15) is 0 Å². The molecule has 7 heteroatoms. The van der Waals surface area contributed by atoms with Crippen molar-refractivity contribution >= 4 is 57.4 Å². The third-order valence-corrected chi connectivity index (χ3v) is 10.0. The molecule has 6 aromatic rings. The van der Waals surface area contributed by atoms with Gasteiger partial charge in [-0.3, -0.25) is 0 Å². The van der Waals surface area contributed by atoms with Crippen molar-refractivity contribution in [2.75, 3.05) is 0 Å². The largest absolute Gasteiger partial charge is 0.354 e. The average Bonchev–Trinajstić information content (AvgIpc) is 4.00. The SMILES string of the molecule is CCc1c(C)c2[nH]c1cc1nc(c(-c3ccc(C#N)cc3)c3ccc([nH]3)c(-c3ccc(C#N)cc3)c3nc(cc4[nH]c2c(C)c4CC)C=C3)C=C1. The quantitative estimate of drug-likeness (QED) is 0.174. The van der Waals surface area contributed by atoms with Crippen LogP contribution in [0.2, 0.25) is 0 Å². The molecule has 2 aromatic carbocycles.